The van der Waals surface area contributed by atoms with Gasteiger partial charge in [0.25, 0.3) is 5.91 Å². The van der Waals surface area contributed by atoms with Gasteiger partial charge in [0, 0.05) is 34.8 Å². The van der Waals surface area contributed by atoms with E-state index in [0.717, 1.165) is 11.8 Å². The van der Waals surface area contributed by atoms with Crippen LogP contribution in [0.1, 0.15) is 92.9 Å². The molecule has 1 saturated heterocycles. The first-order chi connectivity index (χ1) is 25.9. The minimum absolute atomic E-state index is 0.000719. The zero-order valence-corrected chi connectivity index (χ0v) is 33.8. The van der Waals surface area contributed by atoms with Crippen LogP contribution in [-0.2, 0) is 24.4 Å². The number of carbonyl (C=O) groups is 4. The number of fused-ring (bicyclic) bond motifs is 3. The number of amides is 5. The van der Waals surface area contributed by atoms with Gasteiger partial charge in [0.15, 0.2) is 0 Å². The van der Waals surface area contributed by atoms with Gasteiger partial charge < -0.3 is 30.3 Å². The largest absolute Gasteiger partial charge is 0.496 e. The zero-order chi connectivity index (χ0) is 39.9. The summed E-state index contributed by atoms with van der Waals surface area (Å²) in [7, 11) is -2.42. The Labute approximate surface area is 324 Å². The Kier molecular flexibility index (Phi) is 11.2. The quantitative estimate of drug-likeness (QED) is 0.283. The van der Waals surface area contributed by atoms with E-state index < -0.39 is 73.7 Å². The number of sulfonamides is 1. The van der Waals surface area contributed by atoms with Crippen LogP contribution in [0.2, 0.25) is 0 Å². The smallest absolute Gasteiger partial charge is 0.315 e. The molecule has 55 heavy (non-hydrogen) atoms. The van der Waals surface area contributed by atoms with E-state index in [4.69, 9.17) is 9.47 Å². The van der Waals surface area contributed by atoms with Gasteiger partial charge in [-0.05, 0) is 96.3 Å². The van der Waals surface area contributed by atoms with E-state index in [1.807, 2.05) is 64.1 Å². The summed E-state index contributed by atoms with van der Waals surface area (Å²) in [5, 5.41) is 10.3. The molecule has 0 spiro atoms. The number of benzene rings is 1. The molecule has 4 N–H and O–H groups in total. The molecule has 0 bridgehead atoms. The molecule has 7 atom stereocenters. The van der Waals surface area contributed by atoms with Gasteiger partial charge in [0.1, 0.15) is 29.5 Å². The lowest BCUT2D eigenvalue weighted by Gasteiger charge is -2.34. The monoisotopic (exact) mass is 780 g/mol. The second-order valence-corrected chi connectivity index (χ2v) is 19.3. The Morgan fingerprint density at radius 1 is 1.11 bits per heavy atom. The number of hydrogen-bond acceptors (Lipinski definition) is 9. The molecule has 1 aromatic carbocycles. The van der Waals surface area contributed by atoms with Gasteiger partial charge in [-0.2, -0.15) is 0 Å². The fourth-order valence-corrected chi connectivity index (χ4v) is 9.23. The molecule has 15 heteroatoms. The van der Waals surface area contributed by atoms with E-state index in [0.29, 0.717) is 49.1 Å². The molecule has 1 aromatic heterocycles. The van der Waals surface area contributed by atoms with Crippen molar-refractivity contribution in [3.63, 3.8) is 0 Å². The third-order valence-corrected chi connectivity index (χ3v) is 13.8. The molecule has 300 valence electrons. The van der Waals surface area contributed by atoms with Crippen molar-refractivity contribution in [3.05, 3.63) is 42.6 Å². The molecule has 2 saturated carbocycles. The summed E-state index contributed by atoms with van der Waals surface area (Å²) in [4.78, 5) is 62.8. The van der Waals surface area contributed by atoms with Gasteiger partial charge >= 0.3 is 6.03 Å². The van der Waals surface area contributed by atoms with Crippen molar-refractivity contribution >= 4 is 44.5 Å². The third-order valence-electron chi connectivity index (χ3n) is 11.6. The van der Waals surface area contributed by atoms with E-state index in [9.17, 15) is 27.6 Å². The van der Waals surface area contributed by atoms with Crippen LogP contribution in [0, 0.1) is 17.8 Å². The van der Waals surface area contributed by atoms with Gasteiger partial charge in [-0.25, -0.2) is 18.2 Å². The Hall–Kier alpha value is -4.40. The molecular formula is C40H56N6O8S. The van der Waals surface area contributed by atoms with Crippen LogP contribution in [0.25, 0.3) is 10.8 Å². The molecule has 2 aliphatic carbocycles. The molecule has 3 fully saturated rings. The summed E-state index contributed by atoms with van der Waals surface area (Å²) in [5.41, 5.74) is -2.09. The van der Waals surface area contributed by atoms with E-state index in [2.05, 4.69) is 32.6 Å². The molecular weight excluding hydrogens is 725 g/mol. The van der Waals surface area contributed by atoms with Gasteiger partial charge in [0.2, 0.25) is 27.7 Å². The van der Waals surface area contributed by atoms with Crippen molar-refractivity contribution in [1.29, 1.82) is 0 Å². The number of methoxy groups -OCH3 is 1. The lowest BCUT2D eigenvalue weighted by atomic mass is 9.85. The van der Waals surface area contributed by atoms with Gasteiger partial charge in [-0.3, -0.25) is 19.1 Å². The van der Waals surface area contributed by atoms with Crippen LogP contribution < -0.4 is 30.1 Å². The first-order valence-electron chi connectivity index (χ1n) is 19.4. The van der Waals surface area contributed by atoms with Crippen molar-refractivity contribution in [2.75, 3.05) is 13.7 Å². The highest BCUT2D eigenvalue weighted by Gasteiger charge is 2.63. The topological polar surface area (TPSA) is 185 Å². The van der Waals surface area contributed by atoms with Crippen LogP contribution in [0.3, 0.4) is 0 Å². The second kappa shape index (κ2) is 15.3. The number of nitrogens with zero attached hydrogens (tertiary/aromatic N) is 2. The van der Waals surface area contributed by atoms with E-state index in [-0.39, 0.29) is 31.2 Å². The maximum absolute atomic E-state index is 14.9. The fourth-order valence-electron chi connectivity index (χ4n) is 7.91. The SMILES string of the molecule is CC[C@@H]1C[C@@H](C)CCC=C[C@@H]2C[C@@]2(C(=O)NS(=O)(=O)C2(C)CC2)NC(=O)[C@@H]2C[C@@H](Oc3nccc4c(OC)cccc34)CN2C(=O)[C@H]1NC(=O)NC(C)(C)C. The molecule has 4 aliphatic rings. The van der Waals surface area contributed by atoms with Crippen molar-refractivity contribution in [2.24, 2.45) is 17.8 Å². The summed E-state index contributed by atoms with van der Waals surface area (Å²) < 4.78 is 39.7. The minimum atomic E-state index is -3.99. The normalized spacial score (nSPS) is 29.5. The van der Waals surface area contributed by atoms with Gasteiger partial charge in [-0.15, -0.1) is 0 Å². The lowest BCUT2D eigenvalue weighted by molar-refractivity contribution is -0.142. The number of nitrogens with one attached hydrogen (secondary N) is 4. The number of pyridine rings is 1. The number of carbonyl (C=O) groups excluding carboxylic acids is 4. The molecule has 5 amide bonds. The number of hydrogen-bond donors (Lipinski definition) is 4. The van der Waals surface area contributed by atoms with Crippen molar-refractivity contribution in [2.45, 2.75) is 127 Å². The number of rotatable bonds is 8. The van der Waals surface area contributed by atoms with Crippen LogP contribution in [0.15, 0.2) is 42.6 Å². The molecule has 3 heterocycles. The minimum Gasteiger partial charge on any atom is -0.496 e. The fraction of sp³-hybridized carbons (Fsp3) is 0.625. The maximum Gasteiger partial charge on any atom is 0.315 e. The van der Waals surface area contributed by atoms with Crippen molar-refractivity contribution in [1.82, 2.24) is 30.6 Å². The number of aromatic nitrogens is 1. The standard InChI is InChI=1S/C40H56N6O8S/c1-8-25-20-24(2)12-9-10-13-26-22-40(26,36(49)45-55(51,52)39(6)17-18-39)43-33(47)30-21-27(23-46(30)35(48)32(25)42-37(50)44-38(3,4)5)54-34-29-14-11-15-31(53-7)28(29)16-19-41-34/h10-11,13-16,19,24-27,30,32H,8-9,12,17-18,20-23H2,1-7H3,(H,43,47)(H,45,49)(H2,42,44,50)/t24-,25+,26+,27+,30-,32-,40+/m0/s1. The first kappa shape index (κ1) is 40.3. The van der Waals surface area contributed by atoms with Crippen LogP contribution in [0.5, 0.6) is 11.6 Å². The number of urea groups is 1. The number of allylic oxidation sites excluding steroid dienone is 1. The summed E-state index contributed by atoms with van der Waals surface area (Å²) in [6.45, 7) is 11.3. The molecule has 2 aliphatic heterocycles. The summed E-state index contributed by atoms with van der Waals surface area (Å²) >= 11 is 0. The molecule has 2 aromatic rings. The predicted molar refractivity (Wildman–Crippen MR) is 208 cm³/mol. The lowest BCUT2D eigenvalue weighted by Crippen LogP contribution is -2.60. The summed E-state index contributed by atoms with van der Waals surface area (Å²) in [5.74, 6) is -1.41. The van der Waals surface area contributed by atoms with E-state index in [1.165, 1.54) is 4.90 Å². The zero-order valence-electron chi connectivity index (χ0n) is 32.9. The highest BCUT2D eigenvalue weighted by molar-refractivity contribution is 7.91. The van der Waals surface area contributed by atoms with E-state index in [1.54, 1.807) is 20.2 Å². The number of ether oxygens (including phenoxy) is 2. The van der Waals surface area contributed by atoms with Crippen molar-refractivity contribution in [3.8, 4) is 11.6 Å². The third kappa shape index (κ3) is 8.56. The van der Waals surface area contributed by atoms with Gasteiger partial charge in [-0.1, -0.05) is 38.5 Å². The Morgan fingerprint density at radius 2 is 1.85 bits per heavy atom. The van der Waals surface area contributed by atoms with Gasteiger partial charge in [0.05, 0.1) is 18.4 Å². The summed E-state index contributed by atoms with van der Waals surface area (Å²) in [6.07, 6.45) is 8.65. The molecule has 14 nitrogen and oxygen atoms in total. The van der Waals surface area contributed by atoms with Crippen LogP contribution in [0.4, 0.5) is 4.79 Å². The maximum atomic E-state index is 14.9. The van der Waals surface area contributed by atoms with E-state index >= 15 is 0 Å². The summed E-state index contributed by atoms with van der Waals surface area (Å²) in [6, 6.07) is 4.75. The average Bonchev–Trinajstić information content (AvgIpc) is 4.00. The highest BCUT2D eigenvalue weighted by atomic mass is 32.2. The molecule has 0 unspecified atom stereocenters. The molecule has 0 radical (unpaired) electrons. The van der Waals surface area contributed by atoms with Crippen molar-refractivity contribution < 1.29 is 37.1 Å². The second-order valence-electron chi connectivity index (χ2n) is 17.2. The average molecular weight is 781 g/mol. The highest BCUT2D eigenvalue weighted by Crippen LogP contribution is 2.47. The Bertz CT molecular complexity index is 1960. The predicted octanol–water partition coefficient (Wildman–Crippen LogP) is 4.33. The van der Waals surface area contributed by atoms with Crippen LogP contribution >= 0.6 is 0 Å². The molecule has 6 rings (SSSR count). The van der Waals surface area contributed by atoms with Crippen LogP contribution in [-0.4, -0.2) is 89.7 Å². The first-order valence-corrected chi connectivity index (χ1v) is 20.9. The Morgan fingerprint density at radius 3 is 2.53 bits per heavy atom. The Balaban J connectivity index is 1.37.